The van der Waals surface area contributed by atoms with Gasteiger partial charge in [0.2, 0.25) is 0 Å². The van der Waals surface area contributed by atoms with Crippen molar-refractivity contribution in [3.8, 4) is 28.4 Å². The van der Waals surface area contributed by atoms with Crippen LogP contribution >= 0.6 is 0 Å². The Labute approximate surface area is 248 Å². The molecule has 4 heterocycles. The molecule has 43 heavy (non-hydrogen) atoms. The Kier molecular flexibility index (Phi) is 8.38. The van der Waals surface area contributed by atoms with Crippen LogP contribution in [0.1, 0.15) is 0 Å². The highest BCUT2D eigenvalue weighted by atomic mass is 16.5. The molecule has 0 unspecified atom stereocenters. The Morgan fingerprint density at radius 2 is 1.47 bits per heavy atom. The predicted octanol–water partition coefficient (Wildman–Crippen LogP) is 4.06. The molecule has 0 atom stereocenters. The van der Waals surface area contributed by atoms with Crippen molar-refractivity contribution in [2.75, 3.05) is 73.6 Å². The summed E-state index contributed by atoms with van der Waals surface area (Å²) in [5.41, 5.74) is 4.29. The van der Waals surface area contributed by atoms with Crippen LogP contribution < -0.4 is 25.2 Å². The van der Waals surface area contributed by atoms with E-state index in [1.54, 1.807) is 60.8 Å². The third-order valence-electron chi connectivity index (χ3n) is 7.14. The molecule has 2 aromatic heterocycles. The van der Waals surface area contributed by atoms with Crippen molar-refractivity contribution in [3.05, 3.63) is 73.1 Å². The van der Waals surface area contributed by atoms with E-state index >= 15 is 0 Å². The first-order chi connectivity index (χ1) is 21.1. The molecule has 2 N–H and O–H groups in total. The first-order valence-electron chi connectivity index (χ1n) is 13.9. The Bertz CT molecular complexity index is 1580. The number of carbonyl (C=O) groups is 2. The second-order valence-electron chi connectivity index (χ2n) is 9.89. The van der Waals surface area contributed by atoms with Gasteiger partial charge in [-0.2, -0.15) is 0 Å². The van der Waals surface area contributed by atoms with Gasteiger partial charge in [-0.05, 0) is 60.7 Å². The molecular weight excluding hydrogens is 550 g/mol. The maximum atomic E-state index is 12.7. The molecule has 0 radical (unpaired) electrons. The molecule has 6 rings (SSSR count). The standard InChI is InChI=1S/C31H31N7O5/c1-41-28-27(21-10-12-32-13-11-21)35-29(36-30(28)37-14-17-42-18-15-37)22-2-4-23(5-3-22)33-31(40)34-24-6-8-25(9-7-24)38-16-19-43-20-26(38)39/h2-13H,14-20H2,1H3,(H2,33,34,40). The Hall–Kier alpha value is -5.07. The molecule has 2 aliphatic heterocycles. The van der Waals surface area contributed by atoms with Gasteiger partial charge in [0.05, 0.1) is 26.9 Å². The molecule has 3 amide bonds. The normalized spacial score (nSPS) is 15.2. The number of nitrogens with one attached hydrogen (secondary N) is 2. The molecule has 12 nitrogen and oxygen atoms in total. The smallest absolute Gasteiger partial charge is 0.323 e. The zero-order valence-electron chi connectivity index (χ0n) is 23.7. The highest BCUT2D eigenvalue weighted by molar-refractivity contribution is 6.00. The first-order valence-corrected chi connectivity index (χ1v) is 13.9. The van der Waals surface area contributed by atoms with Crippen LogP contribution in [0.4, 0.5) is 27.7 Å². The van der Waals surface area contributed by atoms with Crippen molar-refractivity contribution in [2.24, 2.45) is 0 Å². The number of hydrogen-bond donors (Lipinski definition) is 2. The SMILES string of the molecule is COc1c(-c2ccncc2)nc(-c2ccc(NC(=O)Nc3ccc(N4CCOCC4=O)cc3)cc2)nc1N1CCOCC1. The lowest BCUT2D eigenvalue weighted by Gasteiger charge is -2.29. The summed E-state index contributed by atoms with van der Waals surface area (Å²) in [7, 11) is 1.62. The summed E-state index contributed by atoms with van der Waals surface area (Å²) in [4.78, 5) is 42.5. The largest absolute Gasteiger partial charge is 0.491 e. The van der Waals surface area contributed by atoms with E-state index in [1.807, 2.05) is 24.3 Å². The minimum Gasteiger partial charge on any atom is -0.491 e. The van der Waals surface area contributed by atoms with Crippen molar-refractivity contribution in [1.29, 1.82) is 0 Å². The number of amides is 3. The number of aromatic nitrogens is 3. The monoisotopic (exact) mass is 581 g/mol. The molecule has 2 aromatic carbocycles. The van der Waals surface area contributed by atoms with E-state index in [2.05, 4.69) is 20.5 Å². The van der Waals surface area contributed by atoms with Gasteiger partial charge >= 0.3 is 6.03 Å². The Morgan fingerprint density at radius 1 is 0.814 bits per heavy atom. The Balaban J connectivity index is 1.19. The van der Waals surface area contributed by atoms with E-state index in [0.717, 1.165) is 16.8 Å². The van der Waals surface area contributed by atoms with Gasteiger partial charge in [-0.25, -0.2) is 14.8 Å². The summed E-state index contributed by atoms with van der Waals surface area (Å²) in [5, 5.41) is 5.67. The third-order valence-corrected chi connectivity index (χ3v) is 7.14. The van der Waals surface area contributed by atoms with Crippen LogP contribution in [0.2, 0.25) is 0 Å². The van der Waals surface area contributed by atoms with E-state index in [1.165, 1.54) is 0 Å². The maximum absolute atomic E-state index is 12.7. The van der Waals surface area contributed by atoms with Gasteiger partial charge in [0.1, 0.15) is 12.3 Å². The lowest BCUT2D eigenvalue weighted by atomic mass is 10.1. The van der Waals surface area contributed by atoms with Gasteiger partial charge < -0.3 is 34.6 Å². The number of methoxy groups -OCH3 is 1. The van der Waals surface area contributed by atoms with E-state index in [0.29, 0.717) is 73.9 Å². The van der Waals surface area contributed by atoms with Crippen molar-refractivity contribution in [2.45, 2.75) is 0 Å². The van der Waals surface area contributed by atoms with E-state index in [4.69, 9.17) is 24.2 Å². The van der Waals surface area contributed by atoms with Crippen LogP contribution in [0, 0.1) is 0 Å². The maximum Gasteiger partial charge on any atom is 0.323 e. The fraction of sp³-hybridized carbons (Fsp3) is 0.258. The minimum absolute atomic E-state index is 0.0761. The van der Waals surface area contributed by atoms with E-state index in [9.17, 15) is 9.59 Å². The van der Waals surface area contributed by atoms with Crippen molar-refractivity contribution in [3.63, 3.8) is 0 Å². The summed E-state index contributed by atoms with van der Waals surface area (Å²) in [6.07, 6.45) is 3.44. The molecule has 2 aliphatic rings. The quantitative estimate of drug-likeness (QED) is 0.332. The fourth-order valence-electron chi connectivity index (χ4n) is 4.96. The second-order valence-corrected chi connectivity index (χ2v) is 9.89. The Morgan fingerprint density at radius 3 is 2.12 bits per heavy atom. The highest BCUT2D eigenvalue weighted by Crippen LogP contribution is 2.38. The minimum atomic E-state index is -0.391. The molecule has 0 spiro atoms. The number of pyridine rings is 1. The number of anilines is 4. The van der Waals surface area contributed by atoms with Gasteiger partial charge in [0.25, 0.3) is 5.91 Å². The molecule has 12 heteroatoms. The number of ether oxygens (including phenoxy) is 3. The number of benzene rings is 2. The van der Waals surface area contributed by atoms with Crippen LogP contribution in [0.15, 0.2) is 73.1 Å². The van der Waals surface area contributed by atoms with Crippen molar-refractivity contribution >= 4 is 34.8 Å². The molecule has 0 aliphatic carbocycles. The number of morpholine rings is 2. The zero-order valence-corrected chi connectivity index (χ0v) is 23.7. The van der Waals surface area contributed by atoms with Crippen LogP contribution in [0.5, 0.6) is 5.75 Å². The number of hydrogen-bond acceptors (Lipinski definition) is 9. The number of carbonyl (C=O) groups excluding carboxylic acids is 2. The summed E-state index contributed by atoms with van der Waals surface area (Å²) >= 11 is 0. The molecule has 220 valence electrons. The molecule has 0 bridgehead atoms. The second kappa shape index (κ2) is 12.8. The third kappa shape index (κ3) is 6.40. The summed E-state index contributed by atoms with van der Waals surface area (Å²) < 4.78 is 16.6. The van der Waals surface area contributed by atoms with Gasteiger partial charge in [-0.3, -0.25) is 9.78 Å². The molecule has 0 saturated carbocycles. The predicted molar refractivity (Wildman–Crippen MR) is 163 cm³/mol. The number of rotatable bonds is 7. The average Bonchev–Trinajstić information content (AvgIpc) is 3.06. The van der Waals surface area contributed by atoms with Crippen LogP contribution in [-0.2, 0) is 14.3 Å². The van der Waals surface area contributed by atoms with Crippen LogP contribution in [0.3, 0.4) is 0 Å². The number of nitrogens with zero attached hydrogens (tertiary/aromatic N) is 5. The van der Waals surface area contributed by atoms with Crippen LogP contribution in [-0.4, -0.2) is 80.1 Å². The first kappa shape index (κ1) is 28.1. The van der Waals surface area contributed by atoms with E-state index in [-0.39, 0.29) is 12.5 Å². The number of urea groups is 1. The van der Waals surface area contributed by atoms with Gasteiger partial charge in [-0.1, -0.05) is 0 Å². The topological polar surface area (TPSA) is 131 Å². The zero-order chi connectivity index (χ0) is 29.6. The lowest BCUT2D eigenvalue weighted by Crippen LogP contribution is -2.41. The molecular formula is C31H31N7O5. The van der Waals surface area contributed by atoms with E-state index < -0.39 is 6.03 Å². The van der Waals surface area contributed by atoms with Gasteiger partial charge in [0.15, 0.2) is 17.4 Å². The molecule has 4 aromatic rings. The van der Waals surface area contributed by atoms with Crippen LogP contribution in [0.25, 0.3) is 22.6 Å². The molecule has 2 fully saturated rings. The highest BCUT2D eigenvalue weighted by Gasteiger charge is 2.24. The summed E-state index contributed by atoms with van der Waals surface area (Å²) in [6.45, 7) is 3.66. The van der Waals surface area contributed by atoms with Crippen molar-refractivity contribution in [1.82, 2.24) is 15.0 Å². The average molecular weight is 582 g/mol. The molecule has 2 saturated heterocycles. The van der Waals surface area contributed by atoms with Gasteiger partial charge in [0, 0.05) is 60.2 Å². The van der Waals surface area contributed by atoms with Crippen molar-refractivity contribution < 1.29 is 23.8 Å². The van der Waals surface area contributed by atoms with Gasteiger partial charge in [-0.15, -0.1) is 0 Å². The fourth-order valence-corrected chi connectivity index (χ4v) is 4.96. The summed E-state index contributed by atoms with van der Waals surface area (Å²) in [6, 6.07) is 17.8. The lowest BCUT2D eigenvalue weighted by molar-refractivity contribution is -0.125. The summed E-state index contributed by atoms with van der Waals surface area (Å²) in [5.74, 6) is 1.74.